The fourth-order valence-electron chi connectivity index (χ4n) is 3.56. The summed E-state index contributed by atoms with van der Waals surface area (Å²) in [6.07, 6.45) is 22.2. The van der Waals surface area contributed by atoms with Crippen LogP contribution >= 0.6 is 34.0 Å². The van der Waals surface area contributed by atoms with Crippen molar-refractivity contribution in [3.05, 3.63) is 65.7 Å². The second kappa shape index (κ2) is 13.9. The van der Waals surface area contributed by atoms with E-state index in [0.29, 0.717) is 0 Å². The zero-order valence-electron chi connectivity index (χ0n) is 19.1. The van der Waals surface area contributed by atoms with E-state index in [9.17, 15) is 0 Å². The Morgan fingerprint density at radius 1 is 0.484 bits per heavy atom. The highest BCUT2D eigenvalue weighted by Gasteiger charge is 2.01. The van der Waals surface area contributed by atoms with Gasteiger partial charge in [-0.05, 0) is 86.4 Å². The molecular weight excluding hydrogens is 433 g/mol. The van der Waals surface area contributed by atoms with Crippen LogP contribution in [0.25, 0.3) is 24.3 Å². The first-order valence-electron chi connectivity index (χ1n) is 11.9. The Morgan fingerprint density at radius 3 is 1.29 bits per heavy atom. The number of hydrogen-bond donors (Lipinski definition) is 0. The third-order valence-electron chi connectivity index (χ3n) is 5.39. The predicted molar refractivity (Wildman–Crippen MR) is 147 cm³/mol. The summed E-state index contributed by atoms with van der Waals surface area (Å²) in [5.41, 5.74) is 0. The minimum absolute atomic E-state index is 1.23. The van der Waals surface area contributed by atoms with Crippen LogP contribution in [0.3, 0.4) is 0 Å². The van der Waals surface area contributed by atoms with E-state index in [0.717, 1.165) is 0 Å². The van der Waals surface area contributed by atoms with Gasteiger partial charge in [-0.1, -0.05) is 52.4 Å². The van der Waals surface area contributed by atoms with Crippen molar-refractivity contribution in [3.8, 4) is 0 Å². The largest absolute Gasteiger partial charge is 0.141 e. The van der Waals surface area contributed by atoms with E-state index < -0.39 is 0 Å². The molecule has 0 saturated heterocycles. The van der Waals surface area contributed by atoms with Gasteiger partial charge in [0.05, 0.1) is 0 Å². The SMILES string of the molecule is CCCCCCc1ccc(/C=C/c2ccc(/C=C/c3ccc(CCCCCC)s3)s2)s1. The van der Waals surface area contributed by atoms with E-state index in [1.807, 2.05) is 34.0 Å². The van der Waals surface area contributed by atoms with Crippen LogP contribution in [0.1, 0.15) is 94.5 Å². The lowest BCUT2D eigenvalue weighted by atomic mass is 10.1. The molecular formula is C28H36S3. The Morgan fingerprint density at radius 2 is 0.871 bits per heavy atom. The second-order valence-electron chi connectivity index (χ2n) is 8.14. The van der Waals surface area contributed by atoms with E-state index >= 15 is 0 Å². The molecule has 0 aromatic carbocycles. The summed E-state index contributed by atoms with van der Waals surface area (Å²) in [7, 11) is 0. The van der Waals surface area contributed by atoms with Crippen molar-refractivity contribution in [2.45, 2.75) is 78.1 Å². The average molecular weight is 469 g/mol. The average Bonchev–Trinajstić information content (AvgIpc) is 3.53. The van der Waals surface area contributed by atoms with Crippen molar-refractivity contribution < 1.29 is 0 Å². The van der Waals surface area contributed by atoms with Gasteiger partial charge < -0.3 is 0 Å². The smallest absolute Gasteiger partial charge is 0.0277 e. The summed E-state index contributed by atoms with van der Waals surface area (Å²) in [5, 5.41) is 0. The molecule has 166 valence electrons. The zero-order valence-corrected chi connectivity index (χ0v) is 21.5. The van der Waals surface area contributed by atoms with Gasteiger partial charge in [-0.25, -0.2) is 0 Å². The minimum atomic E-state index is 1.23. The fraction of sp³-hybridized carbons (Fsp3) is 0.429. The van der Waals surface area contributed by atoms with Crippen LogP contribution in [-0.2, 0) is 12.8 Å². The molecule has 3 heteroatoms. The molecule has 0 spiro atoms. The van der Waals surface area contributed by atoms with Crippen molar-refractivity contribution in [2.24, 2.45) is 0 Å². The van der Waals surface area contributed by atoms with Crippen molar-refractivity contribution in [2.75, 3.05) is 0 Å². The zero-order chi connectivity index (χ0) is 21.7. The molecule has 0 N–H and O–H groups in total. The van der Waals surface area contributed by atoms with Gasteiger partial charge in [0.25, 0.3) is 0 Å². The van der Waals surface area contributed by atoms with Gasteiger partial charge in [0, 0.05) is 29.3 Å². The second-order valence-corrected chi connectivity index (χ2v) is 11.7. The van der Waals surface area contributed by atoms with Crippen molar-refractivity contribution in [1.82, 2.24) is 0 Å². The highest BCUT2D eigenvalue weighted by Crippen LogP contribution is 2.26. The summed E-state index contributed by atoms with van der Waals surface area (Å²) < 4.78 is 0. The monoisotopic (exact) mass is 468 g/mol. The Kier molecular flexibility index (Phi) is 10.8. The van der Waals surface area contributed by atoms with E-state index in [-0.39, 0.29) is 0 Å². The summed E-state index contributed by atoms with van der Waals surface area (Å²) >= 11 is 5.74. The Balaban J connectivity index is 1.47. The third-order valence-corrected chi connectivity index (χ3v) is 8.63. The number of thiophene rings is 3. The normalized spacial score (nSPS) is 11.9. The van der Waals surface area contributed by atoms with Gasteiger partial charge in [0.15, 0.2) is 0 Å². The molecule has 31 heavy (non-hydrogen) atoms. The maximum Gasteiger partial charge on any atom is 0.0277 e. The van der Waals surface area contributed by atoms with Crippen molar-refractivity contribution >= 4 is 58.3 Å². The Hall–Kier alpha value is -1.42. The Bertz CT molecular complexity index is 860. The molecule has 0 radical (unpaired) electrons. The van der Waals surface area contributed by atoms with E-state index in [1.165, 1.54) is 93.5 Å². The van der Waals surface area contributed by atoms with E-state index in [2.05, 4.69) is 74.5 Å². The lowest BCUT2D eigenvalue weighted by Gasteiger charge is -1.96. The molecule has 0 saturated carbocycles. The van der Waals surface area contributed by atoms with Gasteiger partial charge in [-0.15, -0.1) is 34.0 Å². The first-order chi connectivity index (χ1) is 15.3. The fourth-order valence-corrected chi connectivity index (χ4v) is 6.30. The van der Waals surface area contributed by atoms with Crippen molar-refractivity contribution in [1.29, 1.82) is 0 Å². The van der Waals surface area contributed by atoms with Crippen LogP contribution in [0.4, 0.5) is 0 Å². The van der Waals surface area contributed by atoms with Crippen LogP contribution in [-0.4, -0.2) is 0 Å². The highest BCUT2D eigenvalue weighted by molar-refractivity contribution is 7.14. The molecule has 0 nitrogen and oxygen atoms in total. The summed E-state index contributed by atoms with van der Waals surface area (Å²) in [6, 6.07) is 13.6. The van der Waals surface area contributed by atoms with Gasteiger partial charge in [-0.3, -0.25) is 0 Å². The molecule has 0 aliphatic carbocycles. The predicted octanol–water partition coefficient (Wildman–Crippen LogP) is 10.5. The number of unbranched alkanes of at least 4 members (excludes halogenated alkanes) is 6. The molecule has 0 aliphatic heterocycles. The molecule has 0 unspecified atom stereocenters. The first kappa shape index (κ1) is 24.2. The minimum Gasteiger partial charge on any atom is -0.141 e. The van der Waals surface area contributed by atoms with Crippen molar-refractivity contribution in [3.63, 3.8) is 0 Å². The quantitative estimate of drug-likeness (QED) is 0.206. The maximum absolute atomic E-state index is 2.30. The highest BCUT2D eigenvalue weighted by atomic mass is 32.1. The Labute approximate surface area is 201 Å². The summed E-state index contributed by atoms with van der Waals surface area (Å²) in [5.74, 6) is 0. The van der Waals surface area contributed by atoms with Crippen LogP contribution < -0.4 is 0 Å². The van der Waals surface area contributed by atoms with Gasteiger partial charge in [0.1, 0.15) is 0 Å². The standard InChI is InChI=1S/C28H36S3/c1-3-5-7-9-11-23-13-15-25(29-23)17-19-27-21-22-28(31-27)20-18-26-16-14-24(30-26)12-10-8-6-4-2/h13-22H,3-12H2,1-2H3/b19-17+,20-18+. The molecule has 0 bridgehead atoms. The van der Waals surface area contributed by atoms with Crippen LogP contribution in [0.5, 0.6) is 0 Å². The molecule has 0 aliphatic rings. The van der Waals surface area contributed by atoms with Crippen LogP contribution in [0.15, 0.2) is 36.4 Å². The lowest BCUT2D eigenvalue weighted by Crippen LogP contribution is -1.80. The summed E-state index contributed by atoms with van der Waals surface area (Å²) in [4.78, 5) is 8.40. The third kappa shape index (κ3) is 8.92. The molecule has 3 heterocycles. The lowest BCUT2D eigenvalue weighted by molar-refractivity contribution is 0.670. The molecule has 0 atom stereocenters. The maximum atomic E-state index is 2.30. The summed E-state index contributed by atoms with van der Waals surface area (Å²) in [6.45, 7) is 4.54. The number of hydrogen-bond acceptors (Lipinski definition) is 3. The molecule has 3 aromatic rings. The van der Waals surface area contributed by atoms with Gasteiger partial charge in [-0.2, -0.15) is 0 Å². The van der Waals surface area contributed by atoms with Crippen LogP contribution in [0, 0.1) is 0 Å². The molecule has 3 aromatic heterocycles. The molecule has 0 amide bonds. The van der Waals surface area contributed by atoms with E-state index in [1.54, 1.807) is 0 Å². The van der Waals surface area contributed by atoms with Gasteiger partial charge >= 0.3 is 0 Å². The van der Waals surface area contributed by atoms with E-state index in [4.69, 9.17) is 0 Å². The van der Waals surface area contributed by atoms with Gasteiger partial charge in [0.2, 0.25) is 0 Å². The molecule has 3 rings (SSSR count). The number of aryl methyl sites for hydroxylation is 2. The first-order valence-corrected chi connectivity index (χ1v) is 14.3. The topological polar surface area (TPSA) is 0 Å². The van der Waals surface area contributed by atoms with Crippen LogP contribution in [0.2, 0.25) is 0 Å². The number of rotatable bonds is 14. The molecule has 0 fully saturated rings.